The third-order valence-corrected chi connectivity index (χ3v) is 6.57. The molecule has 186 valence electrons. The number of benzene rings is 4. The molecule has 2 heterocycles. The van der Waals surface area contributed by atoms with E-state index >= 15 is 0 Å². The minimum absolute atomic E-state index is 0.0204. The van der Waals surface area contributed by atoms with Crippen molar-refractivity contribution >= 4 is 23.2 Å². The summed E-state index contributed by atoms with van der Waals surface area (Å²) >= 11 is 0. The summed E-state index contributed by atoms with van der Waals surface area (Å²) in [6.45, 7) is 0. The largest absolute Gasteiger partial charge is 0.508 e. The molecule has 10 nitrogen and oxygen atoms in total. The van der Waals surface area contributed by atoms with Gasteiger partial charge in [0.1, 0.15) is 23.0 Å². The number of carbonyl (C=O) groups is 3. The summed E-state index contributed by atoms with van der Waals surface area (Å²) in [5.41, 5.74) is -1.47. The van der Waals surface area contributed by atoms with Crippen LogP contribution < -0.4 is 4.74 Å². The maximum absolute atomic E-state index is 13.7. The topological polar surface area (TPSA) is 153 Å². The van der Waals surface area contributed by atoms with Crippen molar-refractivity contribution in [1.29, 1.82) is 0 Å². The van der Waals surface area contributed by atoms with E-state index in [0.29, 0.717) is 11.1 Å². The fraction of sp³-hybridized carbons (Fsp3) is 0.0357. The van der Waals surface area contributed by atoms with Crippen molar-refractivity contribution in [2.24, 2.45) is 0 Å². The van der Waals surface area contributed by atoms with Crippen molar-refractivity contribution in [3.8, 4) is 23.0 Å². The minimum atomic E-state index is -1.74. The van der Waals surface area contributed by atoms with Gasteiger partial charge in [0.15, 0.2) is 5.60 Å². The number of fused-ring (bicyclic) bond motifs is 6. The molecule has 1 unspecified atom stereocenters. The Labute approximate surface area is 213 Å². The van der Waals surface area contributed by atoms with Crippen molar-refractivity contribution < 1.29 is 39.0 Å². The highest BCUT2D eigenvalue weighted by atomic mass is 16.6. The smallest absolute Gasteiger partial charge is 0.340 e. The molecule has 0 saturated carbocycles. The molecule has 10 heteroatoms. The average Bonchev–Trinajstić information content (AvgIpc) is 3.19. The average molecular weight is 509 g/mol. The first kappa shape index (κ1) is 22.9. The van der Waals surface area contributed by atoms with Gasteiger partial charge in [0.05, 0.1) is 16.1 Å². The summed E-state index contributed by atoms with van der Waals surface area (Å²) in [5, 5.41) is 31.5. The van der Waals surface area contributed by atoms with Crippen LogP contribution in [0.3, 0.4) is 0 Å². The van der Waals surface area contributed by atoms with Crippen LogP contribution in [0.15, 0.2) is 78.9 Å². The maximum Gasteiger partial charge on any atom is 0.340 e. The van der Waals surface area contributed by atoms with Crippen LogP contribution in [0.1, 0.15) is 47.8 Å². The molecule has 4 aromatic carbocycles. The molecule has 1 atom stereocenters. The number of aromatic hydroxyl groups is 2. The van der Waals surface area contributed by atoms with E-state index in [9.17, 15) is 34.7 Å². The Kier molecular flexibility index (Phi) is 4.83. The Morgan fingerprint density at radius 3 is 2.26 bits per heavy atom. The van der Waals surface area contributed by atoms with Crippen LogP contribution in [-0.2, 0) is 10.3 Å². The van der Waals surface area contributed by atoms with Crippen LogP contribution >= 0.6 is 0 Å². The van der Waals surface area contributed by atoms with Gasteiger partial charge in [-0.2, -0.15) is 0 Å². The summed E-state index contributed by atoms with van der Waals surface area (Å²) < 4.78 is 11.9. The predicted octanol–water partition coefficient (Wildman–Crippen LogP) is 4.64. The Morgan fingerprint density at radius 2 is 1.53 bits per heavy atom. The number of nitro groups is 1. The highest BCUT2D eigenvalue weighted by molar-refractivity contribution is 6.49. The lowest BCUT2D eigenvalue weighted by atomic mass is 9.74. The van der Waals surface area contributed by atoms with Gasteiger partial charge in [-0.25, -0.2) is 4.79 Å². The molecule has 0 aromatic heterocycles. The summed E-state index contributed by atoms with van der Waals surface area (Å²) in [7, 11) is 0. The third-order valence-electron chi connectivity index (χ3n) is 6.57. The molecule has 38 heavy (non-hydrogen) atoms. The molecule has 0 bridgehead atoms. The molecular weight excluding hydrogens is 494 g/mol. The minimum Gasteiger partial charge on any atom is -0.508 e. The van der Waals surface area contributed by atoms with Crippen molar-refractivity contribution in [3.05, 3.63) is 122 Å². The number of nitro benzene ring substituents is 1. The van der Waals surface area contributed by atoms with Gasteiger partial charge in [0.2, 0.25) is 11.6 Å². The zero-order valence-electron chi connectivity index (χ0n) is 19.2. The number of nitrogens with zero attached hydrogens (tertiary/aromatic N) is 1. The lowest BCUT2D eigenvalue weighted by Gasteiger charge is -2.37. The Balaban J connectivity index is 1.60. The van der Waals surface area contributed by atoms with Gasteiger partial charge in [-0.05, 0) is 36.4 Å². The number of rotatable bonds is 4. The van der Waals surface area contributed by atoms with Gasteiger partial charge in [-0.1, -0.05) is 18.2 Å². The lowest BCUT2D eigenvalue weighted by Crippen LogP contribution is -2.35. The molecule has 2 aliphatic heterocycles. The number of Topliss-reactive ketones (excluding diaryl/α,β-unsaturated/α-hetero) is 2. The van der Waals surface area contributed by atoms with Gasteiger partial charge in [-0.3, -0.25) is 19.7 Å². The summed E-state index contributed by atoms with van der Waals surface area (Å²) in [6, 6.07) is 17.5. The predicted molar refractivity (Wildman–Crippen MR) is 130 cm³/mol. The van der Waals surface area contributed by atoms with Crippen molar-refractivity contribution in [2.45, 2.75) is 5.60 Å². The quantitative estimate of drug-likeness (QED) is 0.132. The van der Waals surface area contributed by atoms with E-state index in [4.69, 9.17) is 9.47 Å². The number of phenolic OH excluding ortho intramolecular Hbond substituents is 2. The first-order valence-electron chi connectivity index (χ1n) is 11.3. The number of ether oxygens (including phenoxy) is 2. The van der Waals surface area contributed by atoms with Gasteiger partial charge in [0.25, 0.3) is 5.69 Å². The zero-order valence-corrected chi connectivity index (χ0v) is 19.2. The maximum atomic E-state index is 13.7. The summed E-state index contributed by atoms with van der Waals surface area (Å²) in [6.07, 6.45) is 0. The number of ketones is 2. The van der Waals surface area contributed by atoms with Crippen molar-refractivity contribution in [2.75, 3.05) is 0 Å². The molecule has 0 amide bonds. The van der Waals surface area contributed by atoms with Gasteiger partial charge < -0.3 is 19.7 Å². The van der Waals surface area contributed by atoms with E-state index in [1.165, 1.54) is 24.3 Å². The first-order chi connectivity index (χ1) is 18.2. The summed E-state index contributed by atoms with van der Waals surface area (Å²) in [5.74, 6) is -3.22. The molecule has 0 radical (unpaired) electrons. The molecule has 0 fully saturated rings. The van der Waals surface area contributed by atoms with Crippen LogP contribution in [0.2, 0.25) is 0 Å². The molecule has 4 aromatic rings. The number of non-ortho nitro benzene ring substituents is 1. The first-order valence-corrected chi connectivity index (χ1v) is 11.3. The van der Waals surface area contributed by atoms with Crippen molar-refractivity contribution in [1.82, 2.24) is 0 Å². The fourth-order valence-corrected chi connectivity index (χ4v) is 4.95. The van der Waals surface area contributed by atoms with Crippen LogP contribution in [0.25, 0.3) is 0 Å². The summed E-state index contributed by atoms with van der Waals surface area (Å²) in [4.78, 5) is 50.3. The highest BCUT2D eigenvalue weighted by Gasteiger charge is 2.55. The van der Waals surface area contributed by atoms with E-state index < -0.39 is 33.8 Å². The van der Waals surface area contributed by atoms with Gasteiger partial charge in [0, 0.05) is 46.5 Å². The van der Waals surface area contributed by atoms with Crippen molar-refractivity contribution in [3.63, 3.8) is 0 Å². The van der Waals surface area contributed by atoms with E-state index in [1.807, 2.05) is 0 Å². The highest BCUT2D eigenvalue weighted by Crippen LogP contribution is 2.58. The van der Waals surface area contributed by atoms with Crippen LogP contribution in [-0.4, -0.2) is 32.7 Å². The number of phenols is 2. The normalized spacial score (nSPS) is 16.6. The second-order valence-corrected chi connectivity index (χ2v) is 8.73. The monoisotopic (exact) mass is 509 g/mol. The van der Waals surface area contributed by atoms with Crippen LogP contribution in [0, 0.1) is 10.1 Å². The van der Waals surface area contributed by atoms with Crippen LogP contribution in [0.5, 0.6) is 23.0 Å². The fourth-order valence-electron chi connectivity index (χ4n) is 4.95. The standard InChI is InChI=1S/C28H15NO9/c30-16-9-10-21-22(12-16)37-23-13-17(31)11-19(26(33)25(32)14-5-7-15(8-6-14)29(35)36)24(23)28(21)20-4-2-1-3-18(20)27(34)38-28/h1-13,30-31H. The number of esters is 1. The molecule has 1 spiro atoms. The molecule has 2 N–H and O–H groups in total. The molecule has 2 aliphatic rings. The van der Waals surface area contributed by atoms with Gasteiger partial charge in [-0.15, -0.1) is 0 Å². The molecule has 0 saturated heterocycles. The Bertz CT molecular complexity index is 1730. The van der Waals surface area contributed by atoms with E-state index in [1.54, 1.807) is 24.3 Å². The van der Waals surface area contributed by atoms with Gasteiger partial charge >= 0.3 is 5.97 Å². The van der Waals surface area contributed by atoms with E-state index in [2.05, 4.69) is 0 Å². The Hall–Kier alpha value is -5.51. The second kappa shape index (κ2) is 8.00. The Morgan fingerprint density at radius 1 is 0.816 bits per heavy atom. The second-order valence-electron chi connectivity index (χ2n) is 8.73. The third kappa shape index (κ3) is 3.17. The molecule has 0 aliphatic carbocycles. The van der Waals surface area contributed by atoms with Crippen LogP contribution in [0.4, 0.5) is 5.69 Å². The molecule has 6 rings (SSSR count). The SMILES string of the molecule is O=C(C(=O)c1cc(O)cc2c1C1(OC(=O)c3ccccc31)c1ccc(O)cc1O2)c1ccc([N+](=O)[O-])cc1. The number of hydrogen-bond donors (Lipinski definition) is 2. The zero-order chi connectivity index (χ0) is 26.8. The van der Waals surface area contributed by atoms with E-state index in [0.717, 1.165) is 30.3 Å². The molecular formula is C28H15NO9. The van der Waals surface area contributed by atoms with E-state index in [-0.39, 0.29) is 45.2 Å². The number of hydrogen-bond acceptors (Lipinski definition) is 9. The lowest BCUT2D eigenvalue weighted by molar-refractivity contribution is -0.384. The number of carbonyl (C=O) groups excluding carboxylic acids is 3.